The summed E-state index contributed by atoms with van der Waals surface area (Å²) in [5.41, 5.74) is 1.41. The average molecular weight is 322 g/mol. The number of halogens is 2. The van der Waals surface area contributed by atoms with Crippen LogP contribution in [0.5, 0.6) is 0 Å². The molecule has 98 valence electrons. The van der Waals surface area contributed by atoms with Gasteiger partial charge in [0.1, 0.15) is 11.6 Å². The van der Waals surface area contributed by atoms with E-state index >= 15 is 0 Å². The lowest BCUT2D eigenvalue weighted by molar-refractivity contribution is 0.611. The molecule has 1 saturated carbocycles. The molecule has 1 N–H and O–H groups in total. The second-order valence-electron chi connectivity index (χ2n) is 4.66. The molecule has 1 aliphatic carbocycles. The van der Waals surface area contributed by atoms with Crippen LogP contribution in [-0.2, 0) is 6.54 Å². The fourth-order valence-corrected chi connectivity index (χ4v) is 2.36. The molecule has 2 aromatic rings. The largest absolute Gasteiger partial charge is 0.378 e. The molecule has 0 bridgehead atoms. The normalized spacial score (nSPS) is 14.4. The first-order valence-corrected chi connectivity index (χ1v) is 7.02. The predicted molar refractivity (Wildman–Crippen MR) is 75.4 cm³/mol. The molecule has 1 aliphatic rings. The number of hydrogen-bond acceptors (Lipinski definition) is 3. The molecule has 0 amide bonds. The van der Waals surface area contributed by atoms with E-state index in [0.717, 1.165) is 16.0 Å². The highest BCUT2D eigenvalue weighted by Crippen LogP contribution is 2.37. The Morgan fingerprint density at radius 1 is 1.26 bits per heavy atom. The molecular formula is C14H13BrFN3. The number of nitrogens with one attached hydrogen (secondary N) is 1. The van der Waals surface area contributed by atoms with Gasteiger partial charge in [-0.05, 0) is 25.0 Å². The molecule has 1 aromatic carbocycles. The van der Waals surface area contributed by atoms with E-state index in [2.05, 4.69) is 31.2 Å². The first kappa shape index (κ1) is 12.5. The van der Waals surface area contributed by atoms with Gasteiger partial charge in [-0.2, -0.15) is 0 Å². The topological polar surface area (TPSA) is 37.8 Å². The second kappa shape index (κ2) is 5.25. The van der Waals surface area contributed by atoms with Crippen LogP contribution in [-0.4, -0.2) is 9.97 Å². The maximum Gasteiger partial charge on any atom is 0.131 e. The van der Waals surface area contributed by atoms with Gasteiger partial charge in [0.25, 0.3) is 0 Å². The van der Waals surface area contributed by atoms with Crippen LogP contribution in [0.25, 0.3) is 0 Å². The van der Waals surface area contributed by atoms with Crippen molar-refractivity contribution in [1.29, 1.82) is 0 Å². The van der Waals surface area contributed by atoms with Gasteiger partial charge in [-0.3, -0.25) is 0 Å². The van der Waals surface area contributed by atoms with Gasteiger partial charge in [0.05, 0.1) is 18.1 Å². The van der Waals surface area contributed by atoms with Crippen LogP contribution >= 0.6 is 15.9 Å². The van der Waals surface area contributed by atoms with E-state index in [9.17, 15) is 4.39 Å². The Morgan fingerprint density at radius 2 is 2.00 bits per heavy atom. The summed E-state index contributed by atoms with van der Waals surface area (Å²) >= 11 is 3.35. The van der Waals surface area contributed by atoms with Gasteiger partial charge < -0.3 is 5.32 Å². The fraction of sp³-hybridized carbons (Fsp3) is 0.286. The highest BCUT2D eigenvalue weighted by molar-refractivity contribution is 9.10. The summed E-state index contributed by atoms with van der Waals surface area (Å²) in [5, 5.41) is 3.13. The molecule has 19 heavy (non-hydrogen) atoms. The first-order chi connectivity index (χ1) is 9.24. The number of benzene rings is 1. The predicted octanol–water partition coefficient (Wildman–Crippen LogP) is 3.87. The van der Waals surface area contributed by atoms with E-state index < -0.39 is 0 Å². The maximum atomic E-state index is 13.6. The Bertz CT molecular complexity index is 561. The minimum atomic E-state index is -0.225. The van der Waals surface area contributed by atoms with Crippen molar-refractivity contribution >= 4 is 21.6 Å². The van der Waals surface area contributed by atoms with Crippen LogP contribution in [0.2, 0.25) is 0 Å². The fourth-order valence-electron chi connectivity index (χ4n) is 1.87. The molecule has 3 rings (SSSR count). The van der Waals surface area contributed by atoms with Gasteiger partial charge in [-0.15, -0.1) is 0 Å². The minimum absolute atomic E-state index is 0.225. The Kier molecular flexibility index (Phi) is 3.46. The van der Waals surface area contributed by atoms with Crippen molar-refractivity contribution < 1.29 is 4.39 Å². The van der Waals surface area contributed by atoms with Crippen molar-refractivity contribution in [3.63, 3.8) is 0 Å². The van der Waals surface area contributed by atoms with E-state index in [-0.39, 0.29) is 5.82 Å². The highest BCUT2D eigenvalue weighted by Gasteiger charge is 2.26. The summed E-state index contributed by atoms with van der Waals surface area (Å²) < 4.78 is 14.4. The third kappa shape index (κ3) is 2.92. The van der Waals surface area contributed by atoms with Crippen LogP contribution in [0.1, 0.15) is 30.1 Å². The van der Waals surface area contributed by atoms with E-state index in [4.69, 9.17) is 0 Å². The van der Waals surface area contributed by atoms with Crippen LogP contribution < -0.4 is 5.32 Å². The van der Waals surface area contributed by atoms with Crippen LogP contribution in [0.15, 0.2) is 35.1 Å². The zero-order valence-electron chi connectivity index (χ0n) is 10.2. The number of nitrogens with zero attached hydrogens (tertiary/aromatic N) is 2. The average Bonchev–Trinajstić information content (AvgIpc) is 3.23. The van der Waals surface area contributed by atoms with Crippen LogP contribution in [0.3, 0.4) is 0 Å². The molecule has 0 unspecified atom stereocenters. The van der Waals surface area contributed by atoms with Gasteiger partial charge in [0.2, 0.25) is 0 Å². The number of rotatable bonds is 4. The zero-order valence-corrected chi connectivity index (χ0v) is 11.8. The summed E-state index contributed by atoms with van der Waals surface area (Å²) in [6.07, 6.45) is 5.90. The highest BCUT2D eigenvalue weighted by atomic mass is 79.9. The molecule has 0 saturated heterocycles. The third-order valence-corrected chi connectivity index (χ3v) is 3.89. The molecule has 1 aromatic heterocycles. The van der Waals surface area contributed by atoms with E-state index in [0.29, 0.717) is 18.0 Å². The second-order valence-corrected chi connectivity index (χ2v) is 5.51. The van der Waals surface area contributed by atoms with Crippen molar-refractivity contribution in [1.82, 2.24) is 9.97 Å². The smallest absolute Gasteiger partial charge is 0.131 e. The molecule has 0 radical (unpaired) electrons. The lowest BCUT2D eigenvalue weighted by Gasteiger charge is -2.09. The standard InChI is InChI=1S/C14H13BrFN3/c15-12-2-1-3-13(16)11(12)8-17-10-6-18-14(19-7-10)9-4-5-9/h1-3,6-7,9,17H,4-5,8H2. The van der Waals surface area contributed by atoms with Crippen molar-refractivity contribution in [3.8, 4) is 0 Å². The van der Waals surface area contributed by atoms with Crippen molar-refractivity contribution in [2.75, 3.05) is 5.32 Å². The molecule has 0 spiro atoms. The van der Waals surface area contributed by atoms with Crippen LogP contribution in [0, 0.1) is 5.82 Å². The molecule has 3 nitrogen and oxygen atoms in total. The molecule has 0 aliphatic heterocycles. The van der Waals surface area contributed by atoms with Gasteiger partial charge >= 0.3 is 0 Å². The molecular weight excluding hydrogens is 309 g/mol. The SMILES string of the molecule is Fc1cccc(Br)c1CNc1cnc(C2CC2)nc1. The van der Waals surface area contributed by atoms with E-state index in [1.807, 2.05) is 6.07 Å². The molecule has 1 fully saturated rings. The summed E-state index contributed by atoms with van der Waals surface area (Å²) in [4.78, 5) is 8.64. The van der Waals surface area contributed by atoms with Crippen LogP contribution in [0.4, 0.5) is 10.1 Å². The van der Waals surface area contributed by atoms with Crippen molar-refractivity contribution in [2.24, 2.45) is 0 Å². The summed E-state index contributed by atoms with van der Waals surface area (Å²) in [6.45, 7) is 0.402. The molecule has 0 atom stereocenters. The van der Waals surface area contributed by atoms with E-state index in [1.165, 1.54) is 18.9 Å². The monoisotopic (exact) mass is 321 g/mol. The maximum absolute atomic E-state index is 13.6. The van der Waals surface area contributed by atoms with Gasteiger partial charge in [-0.1, -0.05) is 22.0 Å². The number of aromatic nitrogens is 2. The Balaban J connectivity index is 1.68. The lowest BCUT2D eigenvalue weighted by atomic mass is 10.2. The quantitative estimate of drug-likeness (QED) is 0.929. The number of hydrogen-bond donors (Lipinski definition) is 1. The van der Waals surface area contributed by atoms with Gasteiger partial charge in [0.15, 0.2) is 0 Å². The third-order valence-electron chi connectivity index (χ3n) is 3.15. The molecule has 1 heterocycles. The van der Waals surface area contributed by atoms with Crippen molar-refractivity contribution in [3.05, 3.63) is 52.3 Å². The van der Waals surface area contributed by atoms with Crippen molar-refractivity contribution in [2.45, 2.75) is 25.3 Å². The number of anilines is 1. The summed E-state index contributed by atoms with van der Waals surface area (Å²) in [5.74, 6) is 1.24. The minimum Gasteiger partial charge on any atom is -0.378 e. The summed E-state index contributed by atoms with van der Waals surface area (Å²) in [7, 11) is 0. The Labute approximate surface area is 119 Å². The van der Waals surface area contributed by atoms with E-state index in [1.54, 1.807) is 18.5 Å². The first-order valence-electron chi connectivity index (χ1n) is 6.23. The van der Waals surface area contributed by atoms with Gasteiger partial charge in [0, 0.05) is 22.5 Å². The lowest BCUT2D eigenvalue weighted by Crippen LogP contribution is -2.04. The zero-order chi connectivity index (χ0) is 13.2. The Morgan fingerprint density at radius 3 is 2.63 bits per heavy atom. The Hall–Kier alpha value is -1.49. The summed E-state index contributed by atoms with van der Waals surface area (Å²) in [6, 6.07) is 4.96. The molecule has 5 heteroatoms. The van der Waals surface area contributed by atoms with Gasteiger partial charge in [-0.25, -0.2) is 14.4 Å².